The third kappa shape index (κ3) is 7.46. The zero-order valence-electron chi connectivity index (χ0n) is 8.42. The molecule has 0 radical (unpaired) electrons. The van der Waals surface area contributed by atoms with Crippen molar-refractivity contribution in [1.29, 1.82) is 0 Å². The highest BCUT2D eigenvalue weighted by atomic mass is 16.5. The predicted molar refractivity (Wildman–Crippen MR) is 49.3 cm³/mol. The molecular formula is C9H17NO3. The third-order valence-electron chi connectivity index (χ3n) is 1.38. The average molecular weight is 187 g/mol. The monoisotopic (exact) mass is 187 g/mol. The first kappa shape index (κ1) is 12.1. The molecule has 76 valence electrons. The van der Waals surface area contributed by atoms with Crippen LogP contribution in [0.25, 0.3) is 0 Å². The molecule has 4 nitrogen and oxygen atoms in total. The number of carbonyl (C=O) groups excluding carboxylic acids is 2. The van der Waals surface area contributed by atoms with Crippen LogP contribution in [0.2, 0.25) is 0 Å². The van der Waals surface area contributed by atoms with Crippen LogP contribution in [0.4, 0.5) is 0 Å². The van der Waals surface area contributed by atoms with Crippen molar-refractivity contribution < 1.29 is 14.3 Å². The van der Waals surface area contributed by atoms with E-state index in [-0.39, 0.29) is 24.2 Å². The third-order valence-corrected chi connectivity index (χ3v) is 1.38. The second kappa shape index (κ2) is 6.60. The van der Waals surface area contributed by atoms with Gasteiger partial charge in [-0.1, -0.05) is 13.8 Å². The smallest absolute Gasteiger partial charge is 0.222 e. The van der Waals surface area contributed by atoms with Crippen molar-refractivity contribution >= 4 is 11.7 Å². The van der Waals surface area contributed by atoms with Gasteiger partial charge in [0.2, 0.25) is 5.91 Å². The minimum atomic E-state index is -0.00666. The van der Waals surface area contributed by atoms with Crippen molar-refractivity contribution in [3.63, 3.8) is 0 Å². The minimum Gasteiger partial charge on any atom is -0.372 e. The van der Waals surface area contributed by atoms with E-state index in [1.807, 2.05) is 13.8 Å². The van der Waals surface area contributed by atoms with Gasteiger partial charge in [-0.15, -0.1) is 0 Å². The van der Waals surface area contributed by atoms with Crippen LogP contribution in [0.1, 0.15) is 20.8 Å². The topological polar surface area (TPSA) is 55.4 Å². The summed E-state index contributed by atoms with van der Waals surface area (Å²) < 4.78 is 4.96. The van der Waals surface area contributed by atoms with Crippen LogP contribution in [-0.4, -0.2) is 31.4 Å². The van der Waals surface area contributed by atoms with E-state index >= 15 is 0 Å². The van der Waals surface area contributed by atoms with E-state index in [1.54, 1.807) is 0 Å². The van der Waals surface area contributed by atoms with E-state index in [0.29, 0.717) is 13.2 Å². The van der Waals surface area contributed by atoms with Crippen LogP contribution in [0, 0.1) is 5.92 Å². The van der Waals surface area contributed by atoms with Crippen molar-refractivity contribution in [2.24, 2.45) is 5.92 Å². The lowest BCUT2D eigenvalue weighted by Gasteiger charge is -2.07. The van der Waals surface area contributed by atoms with Gasteiger partial charge in [0.05, 0.1) is 6.61 Å². The molecule has 0 aliphatic carbocycles. The molecule has 0 saturated carbocycles. The van der Waals surface area contributed by atoms with Crippen molar-refractivity contribution in [3.8, 4) is 0 Å². The Hall–Kier alpha value is -0.900. The molecule has 0 aromatic rings. The number of ketones is 1. The van der Waals surface area contributed by atoms with E-state index in [1.165, 1.54) is 6.92 Å². The van der Waals surface area contributed by atoms with E-state index < -0.39 is 0 Å². The fourth-order valence-electron chi connectivity index (χ4n) is 0.666. The molecule has 0 saturated heterocycles. The SMILES string of the molecule is CC(=O)COCCNC(=O)C(C)C. The maximum absolute atomic E-state index is 11.0. The van der Waals surface area contributed by atoms with Gasteiger partial charge in [0, 0.05) is 12.5 Å². The second-order valence-electron chi connectivity index (χ2n) is 3.20. The van der Waals surface area contributed by atoms with Gasteiger partial charge in [-0.25, -0.2) is 0 Å². The summed E-state index contributed by atoms with van der Waals surface area (Å²) in [7, 11) is 0. The first-order chi connectivity index (χ1) is 6.04. The van der Waals surface area contributed by atoms with Gasteiger partial charge in [-0.05, 0) is 6.92 Å². The zero-order chi connectivity index (χ0) is 10.3. The van der Waals surface area contributed by atoms with Crippen molar-refractivity contribution in [2.45, 2.75) is 20.8 Å². The van der Waals surface area contributed by atoms with Crippen molar-refractivity contribution in [2.75, 3.05) is 19.8 Å². The fraction of sp³-hybridized carbons (Fsp3) is 0.778. The molecule has 4 heteroatoms. The maximum atomic E-state index is 11.0. The number of hydrogen-bond acceptors (Lipinski definition) is 3. The first-order valence-corrected chi connectivity index (χ1v) is 4.39. The summed E-state index contributed by atoms with van der Waals surface area (Å²) in [6, 6.07) is 0. The van der Waals surface area contributed by atoms with Crippen LogP contribution in [0.15, 0.2) is 0 Å². The Morgan fingerprint density at radius 3 is 2.46 bits per heavy atom. The van der Waals surface area contributed by atoms with Gasteiger partial charge in [0.1, 0.15) is 6.61 Å². The highest BCUT2D eigenvalue weighted by Gasteiger charge is 2.04. The lowest BCUT2D eigenvalue weighted by molar-refractivity contribution is -0.124. The highest BCUT2D eigenvalue weighted by Crippen LogP contribution is 1.89. The van der Waals surface area contributed by atoms with E-state index in [0.717, 1.165) is 0 Å². The summed E-state index contributed by atoms with van der Waals surface area (Å²) in [6.07, 6.45) is 0. The zero-order valence-corrected chi connectivity index (χ0v) is 8.42. The van der Waals surface area contributed by atoms with E-state index in [2.05, 4.69) is 5.32 Å². The molecule has 0 atom stereocenters. The van der Waals surface area contributed by atoms with Gasteiger partial charge in [0.25, 0.3) is 0 Å². The molecule has 0 fully saturated rings. The lowest BCUT2D eigenvalue weighted by Crippen LogP contribution is -2.31. The summed E-state index contributed by atoms with van der Waals surface area (Å²) in [6.45, 7) is 6.09. The van der Waals surface area contributed by atoms with Gasteiger partial charge < -0.3 is 10.1 Å². The quantitative estimate of drug-likeness (QED) is 0.611. The Balaban J connectivity index is 3.26. The number of hydrogen-bond donors (Lipinski definition) is 1. The Bertz CT molecular complexity index is 178. The number of rotatable bonds is 6. The summed E-state index contributed by atoms with van der Waals surface area (Å²) in [5.74, 6) is -0.00517. The Kier molecular flexibility index (Phi) is 6.14. The summed E-state index contributed by atoms with van der Waals surface area (Å²) in [5, 5.41) is 2.68. The van der Waals surface area contributed by atoms with Crippen LogP contribution >= 0.6 is 0 Å². The number of amides is 1. The number of carbonyl (C=O) groups is 2. The molecule has 0 aromatic carbocycles. The second-order valence-corrected chi connectivity index (χ2v) is 3.20. The summed E-state index contributed by atoms with van der Waals surface area (Å²) in [4.78, 5) is 21.4. The van der Waals surface area contributed by atoms with Crippen molar-refractivity contribution in [3.05, 3.63) is 0 Å². The van der Waals surface area contributed by atoms with E-state index in [9.17, 15) is 9.59 Å². The van der Waals surface area contributed by atoms with Gasteiger partial charge in [0.15, 0.2) is 5.78 Å². The number of ether oxygens (including phenoxy) is 1. The highest BCUT2D eigenvalue weighted by molar-refractivity contribution is 5.77. The Labute approximate surface area is 78.6 Å². The van der Waals surface area contributed by atoms with Crippen molar-refractivity contribution in [1.82, 2.24) is 5.32 Å². The molecule has 0 heterocycles. The van der Waals surface area contributed by atoms with Gasteiger partial charge in [-0.2, -0.15) is 0 Å². The van der Waals surface area contributed by atoms with Crippen LogP contribution in [0.3, 0.4) is 0 Å². The number of nitrogens with one attached hydrogen (secondary N) is 1. The summed E-state index contributed by atoms with van der Waals surface area (Å²) >= 11 is 0. The molecule has 13 heavy (non-hydrogen) atoms. The number of Topliss-reactive ketones (excluding diaryl/α,β-unsaturated/α-hetero) is 1. The summed E-state index contributed by atoms with van der Waals surface area (Å²) in [5.41, 5.74) is 0. The normalized spacial score (nSPS) is 10.2. The Morgan fingerprint density at radius 1 is 1.38 bits per heavy atom. The Morgan fingerprint density at radius 2 is 2.00 bits per heavy atom. The molecule has 0 aliphatic heterocycles. The average Bonchev–Trinajstić information content (AvgIpc) is 2.02. The lowest BCUT2D eigenvalue weighted by atomic mass is 10.2. The molecular weight excluding hydrogens is 170 g/mol. The standard InChI is InChI=1S/C9H17NO3/c1-7(2)9(12)10-4-5-13-6-8(3)11/h7H,4-6H2,1-3H3,(H,10,12). The molecule has 1 amide bonds. The molecule has 0 unspecified atom stereocenters. The van der Waals surface area contributed by atoms with Gasteiger partial charge >= 0.3 is 0 Å². The maximum Gasteiger partial charge on any atom is 0.222 e. The van der Waals surface area contributed by atoms with Crippen LogP contribution in [0.5, 0.6) is 0 Å². The minimum absolute atomic E-state index is 0.00446. The molecule has 0 rings (SSSR count). The molecule has 1 N–H and O–H groups in total. The predicted octanol–water partition coefficient (Wildman–Crippen LogP) is 0.364. The first-order valence-electron chi connectivity index (χ1n) is 4.39. The fourth-order valence-corrected chi connectivity index (χ4v) is 0.666. The molecule has 0 aliphatic rings. The molecule has 0 bridgehead atoms. The van der Waals surface area contributed by atoms with Gasteiger partial charge in [-0.3, -0.25) is 9.59 Å². The molecule has 0 aromatic heterocycles. The van der Waals surface area contributed by atoms with Crippen LogP contribution in [-0.2, 0) is 14.3 Å². The van der Waals surface area contributed by atoms with Crippen LogP contribution < -0.4 is 5.32 Å². The van der Waals surface area contributed by atoms with E-state index in [4.69, 9.17) is 4.74 Å². The largest absolute Gasteiger partial charge is 0.372 e. The molecule has 0 spiro atoms.